The van der Waals surface area contributed by atoms with Crippen molar-refractivity contribution in [2.24, 2.45) is 0 Å². The van der Waals surface area contributed by atoms with Crippen LogP contribution in [0.3, 0.4) is 0 Å². The van der Waals surface area contributed by atoms with Gasteiger partial charge in [0.15, 0.2) is 4.08 Å². The van der Waals surface area contributed by atoms with Crippen molar-refractivity contribution < 1.29 is 16.8 Å². The Bertz CT molecular complexity index is 644. The van der Waals surface area contributed by atoms with Gasteiger partial charge in [0.1, 0.15) is 0 Å². The van der Waals surface area contributed by atoms with Crippen molar-refractivity contribution in [3.63, 3.8) is 0 Å². The van der Waals surface area contributed by atoms with Crippen molar-refractivity contribution in [2.45, 2.75) is 82.1 Å². The van der Waals surface area contributed by atoms with Gasteiger partial charge in [0, 0.05) is 25.9 Å². The van der Waals surface area contributed by atoms with Gasteiger partial charge in [-0.05, 0) is 38.5 Å². The fourth-order valence-corrected chi connectivity index (χ4v) is 7.22. The first-order valence-corrected chi connectivity index (χ1v) is 12.4. The molecule has 0 aromatic rings. The SMILES string of the molecule is CCC(CC)(S(=O)(=O)NCCCCCC#N)S(=O)(=O)NCCCCCC#N. The molecule has 0 aromatic heterocycles. The van der Waals surface area contributed by atoms with Crippen LogP contribution in [0, 0.1) is 22.7 Å². The number of hydrogen-bond donors (Lipinski definition) is 2. The number of nitrogens with zero attached hydrogens (tertiary/aromatic N) is 2. The van der Waals surface area contributed by atoms with Crippen LogP contribution in [0.5, 0.6) is 0 Å². The average molecular weight is 421 g/mol. The second-order valence-corrected chi connectivity index (χ2v) is 10.8. The summed E-state index contributed by atoms with van der Waals surface area (Å²) in [5, 5.41) is 17.0. The molecular weight excluding hydrogens is 388 g/mol. The average Bonchev–Trinajstić information content (AvgIpc) is 2.62. The predicted molar refractivity (Wildman–Crippen MR) is 105 cm³/mol. The fourth-order valence-electron chi connectivity index (χ4n) is 2.84. The Kier molecular flexibility index (Phi) is 12.5. The molecule has 2 N–H and O–H groups in total. The zero-order chi connectivity index (χ0) is 20.8. The highest BCUT2D eigenvalue weighted by molar-refractivity contribution is 8.08. The molecule has 0 saturated carbocycles. The van der Waals surface area contributed by atoms with Gasteiger partial charge in [-0.2, -0.15) is 10.5 Å². The van der Waals surface area contributed by atoms with E-state index in [9.17, 15) is 16.8 Å². The minimum Gasteiger partial charge on any atom is -0.214 e. The molecule has 0 amide bonds. The Hall–Kier alpha value is -1.20. The molecule has 156 valence electrons. The molecule has 0 aliphatic rings. The van der Waals surface area contributed by atoms with Crippen molar-refractivity contribution in [3.05, 3.63) is 0 Å². The second kappa shape index (κ2) is 13.1. The number of unbranched alkanes of at least 4 members (excludes halogenated alkanes) is 6. The second-order valence-electron chi connectivity index (χ2n) is 6.35. The molecule has 0 saturated heterocycles. The maximum atomic E-state index is 12.8. The summed E-state index contributed by atoms with van der Waals surface area (Å²) in [6.07, 6.45) is 4.62. The topological polar surface area (TPSA) is 140 Å². The van der Waals surface area contributed by atoms with Gasteiger partial charge in [-0.1, -0.05) is 26.7 Å². The van der Waals surface area contributed by atoms with Gasteiger partial charge in [-0.15, -0.1) is 0 Å². The Labute approximate surface area is 164 Å². The third-order valence-electron chi connectivity index (χ3n) is 4.57. The summed E-state index contributed by atoms with van der Waals surface area (Å²) in [4.78, 5) is 0. The Morgan fingerprint density at radius 1 is 0.704 bits per heavy atom. The van der Waals surface area contributed by atoms with E-state index < -0.39 is 24.1 Å². The number of rotatable bonds is 16. The third-order valence-corrected chi connectivity index (χ3v) is 10.2. The van der Waals surface area contributed by atoms with Crippen LogP contribution in [0.2, 0.25) is 0 Å². The highest BCUT2D eigenvalue weighted by Gasteiger charge is 2.52. The van der Waals surface area contributed by atoms with Gasteiger partial charge >= 0.3 is 0 Å². The summed E-state index contributed by atoms with van der Waals surface area (Å²) in [6.45, 7) is 3.42. The van der Waals surface area contributed by atoms with Crippen LogP contribution in [0.1, 0.15) is 78.1 Å². The van der Waals surface area contributed by atoms with E-state index >= 15 is 0 Å². The molecule has 27 heavy (non-hydrogen) atoms. The monoisotopic (exact) mass is 420 g/mol. The van der Waals surface area contributed by atoms with Gasteiger partial charge < -0.3 is 0 Å². The van der Waals surface area contributed by atoms with E-state index in [-0.39, 0.29) is 25.9 Å². The van der Waals surface area contributed by atoms with Crippen molar-refractivity contribution in [2.75, 3.05) is 13.1 Å². The molecule has 10 heteroatoms. The summed E-state index contributed by atoms with van der Waals surface area (Å²) in [5.41, 5.74) is 0. The summed E-state index contributed by atoms with van der Waals surface area (Å²) < 4.78 is 54.2. The Morgan fingerprint density at radius 3 is 1.37 bits per heavy atom. The lowest BCUT2D eigenvalue weighted by Gasteiger charge is -2.31. The molecule has 0 aliphatic carbocycles. The molecule has 0 bridgehead atoms. The van der Waals surface area contributed by atoms with Crippen molar-refractivity contribution >= 4 is 20.0 Å². The molecule has 0 aromatic carbocycles. The first kappa shape index (κ1) is 25.8. The molecule has 0 unspecified atom stereocenters. The van der Waals surface area contributed by atoms with E-state index in [2.05, 4.69) is 9.44 Å². The van der Waals surface area contributed by atoms with Crippen molar-refractivity contribution in [3.8, 4) is 12.1 Å². The van der Waals surface area contributed by atoms with E-state index in [1.165, 1.54) is 0 Å². The highest BCUT2D eigenvalue weighted by Crippen LogP contribution is 2.31. The molecule has 0 fully saturated rings. The van der Waals surface area contributed by atoms with Crippen LogP contribution in [-0.4, -0.2) is 34.0 Å². The minimum atomic E-state index is -4.09. The number of nitrogens with one attached hydrogen (secondary N) is 2. The van der Waals surface area contributed by atoms with Gasteiger partial charge in [0.2, 0.25) is 20.0 Å². The molecular formula is C17H32N4O4S2. The molecule has 0 radical (unpaired) electrons. The lowest BCUT2D eigenvalue weighted by atomic mass is 10.2. The van der Waals surface area contributed by atoms with E-state index in [0.717, 1.165) is 0 Å². The number of nitriles is 2. The Balaban J connectivity index is 4.94. The third kappa shape index (κ3) is 7.74. The first-order chi connectivity index (χ1) is 12.7. The van der Waals surface area contributed by atoms with Crippen LogP contribution < -0.4 is 9.44 Å². The van der Waals surface area contributed by atoms with E-state index in [1.54, 1.807) is 13.8 Å². The van der Waals surface area contributed by atoms with E-state index in [1.807, 2.05) is 12.1 Å². The largest absolute Gasteiger partial charge is 0.233 e. The lowest BCUT2D eigenvalue weighted by Crippen LogP contribution is -2.55. The maximum Gasteiger partial charge on any atom is 0.233 e. The molecule has 8 nitrogen and oxygen atoms in total. The normalized spacial score (nSPS) is 12.4. The van der Waals surface area contributed by atoms with Gasteiger partial charge in [-0.3, -0.25) is 0 Å². The summed E-state index contributed by atoms with van der Waals surface area (Å²) in [5.74, 6) is 0. The maximum absolute atomic E-state index is 12.8. The van der Waals surface area contributed by atoms with Gasteiger partial charge in [0.25, 0.3) is 0 Å². The van der Waals surface area contributed by atoms with E-state index in [4.69, 9.17) is 10.5 Å². The molecule has 0 rings (SSSR count). The van der Waals surface area contributed by atoms with Crippen LogP contribution in [0.15, 0.2) is 0 Å². The van der Waals surface area contributed by atoms with Gasteiger partial charge in [-0.25, -0.2) is 26.3 Å². The highest BCUT2D eigenvalue weighted by atomic mass is 32.3. The van der Waals surface area contributed by atoms with Crippen molar-refractivity contribution in [1.29, 1.82) is 10.5 Å². The van der Waals surface area contributed by atoms with Gasteiger partial charge in [0.05, 0.1) is 12.1 Å². The van der Waals surface area contributed by atoms with Crippen LogP contribution in [-0.2, 0) is 20.0 Å². The van der Waals surface area contributed by atoms with Crippen LogP contribution in [0.25, 0.3) is 0 Å². The molecule has 0 spiro atoms. The smallest absolute Gasteiger partial charge is 0.214 e. The van der Waals surface area contributed by atoms with E-state index in [0.29, 0.717) is 51.4 Å². The standard InChI is InChI=1S/C17H32N4O4S2/c1-3-17(4-2,26(22,23)20-15-11-7-5-9-13-18)27(24,25)21-16-12-8-6-10-14-19/h20-21H,3-12,15-16H2,1-2H3. The van der Waals surface area contributed by atoms with Crippen LogP contribution >= 0.6 is 0 Å². The molecule has 0 atom stereocenters. The van der Waals surface area contributed by atoms with Crippen LogP contribution in [0.4, 0.5) is 0 Å². The summed E-state index contributed by atoms with van der Waals surface area (Å²) >= 11 is 0. The number of sulfonamides is 2. The zero-order valence-electron chi connectivity index (χ0n) is 16.3. The lowest BCUT2D eigenvalue weighted by molar-refractivity contribution is 0.504. The first-order valence-electron chi connectivity index (χ1n) is 9.47. The summed E-state index contributed by atoms with van der Waals surface area (Å²) in [7, 11) is -8.19. The Morgan fingerprint density at radius 2 is 1.07 bits per heavy atom. The minimum absolute atomic E-state index is 0.0585. The van der Waals surface area contributed by atoms with Crippen molar-refractivity contribution in [1.82, 2.24) is 9.44 Å². The molecule has 0 heterocycles. The quantitative estimate of drug-likeness (QED) is 0.368. The molecule has 0 aliphatic heterocycles. The number of hydrogen-bond acceptors (Lipinski definition) is 6. The zero-order valence-corrected chi connectivity index (χ0v) is 18.0. The fraction of sp³-hybridized carbons (Fsp3) is 0.882. The predicted octanol–water partition coefficient (Wildman–Crippen LogP) is 2.51. The summed E-state index contributed by atoms with van der Waals surface area (Å²) in [6, 6.07) is 4.06.